The van der Waals surface area contributed by atoms with Crippen LogP contribution in [0.5, 0.6) is 5.75 Å². The summed E-state index contributed by atoms with van der Waals surface area (Å²) in [7, 11) is -0.536. The molecule has 1 saturated heterocycles. The summed E-state index contributed by atoms with van der Waals surface area (Å²) in [6.45, 7) is 5.13. The van der Waals surface area contributed by atoms with E-state index in [-0.39, 0.29) is 5.75 Å². The molecule has 0 aliphatic carbocycles. The Bertz CT molecular complexity index is 465. The fourth-order valence-electron chi connectivity index (χ4n) is 3.09. The second kappa shape index (κ2) is 8.30. The van der Waals surface area contributed by atoms with E-state index in [2.05, 4.69) is 13.8 Å². The molecule has 1 aromatic carbocycles. The fraction of sp³-hybridized carbons (Fsp3) is 0.647. The van der Waals surface area contributed by atoms with Crippen molar-refractivity contribution in [1.29, 1.82) is 0 Å². The highest BCUT2D eigenvalue weighted by molar-refractivity contribution is 6.58. The van der Waals surface area contributed by atoms with Crippen LogP contribution in [-0.4, -0.2) is 15.4 Å². The molecule has 124 valence electrons. The SMILES string of the molecule is CC(C)CC[Si@H]1CC[C@H](COc2cc(F)c(Cl)c(F)c2)CC1. The molecule has 0 N–H and O–H groups in total. The maximum atomic E-state index is 13.4. The van der Waals surface area contributed by atoms with Gasteiger partial charge in [0.25, 0.3) is 0 Å². The van der Waals surface area contributed by atoms with Gasteiger partial charge in [0, 0.05) is 20.9 Å². The van der Waals surface area contributed by atoms with Gasteiger partial charge in [-0.3, -0.25) is 0 Å². The Hall–Kier alpha value is -0.613. The summed E-state index contributed by atoms with van der Waals surface area (Å²) < 4.78 is 32.3. The summed E-state index contributed by atoms with van der Waals surface area (Å²) in [6.07, 6.45) is 3.77. The molecule has 1 fully saturated rings. The van der Waals surface area contributed by atoms with Gasteiger partial charge < -0.3 is 4.74 Å². The molecule has 1 nitrogen and oxygen atoms in total. The standard InChI is InChI=1S/C17H25ClF2OSi/c1-12(2)3-6-22-7-4-13(5-8-22)11-21-14-9-15(19)17(18)16(20)10-14/h9-10,12-13,22H,3-8,11H2,1-2H3/t13-,22-. The van der Waals surface area contributed by atoms with E-state index in [1.54, 1.807) is 0 Å². The molecule has 1 aliphatic heterocycles. The van der Waals surface area contributed by atoms with E-state index in [9.17, 15) is 8.78 Å². The molecular weight excluding hydrogens is 322 g/mol. The lowest BCUT2D eigenvalue weighted by atomic mass is 10.0. The average molecular weight is 347 g/mol. The van der Waals surface area contributed by atoms with Gasteiger partial charge in [-0.25, -0.2) is 8.78 Å². The molecule has 2 rings (SSSR count). The molecule has 0 unspecified atom stereocenters. The van der Waals surface area contributed by atoms with E-state index in [1.807, 2.05) is 0 Å². The van der Waals surface area contributed by atoms with Gasteiger partial charge in [-0.2, -0.15) is 0 Å². The van der Waals surface area contributed by atoms with Crippen LogP contribution in [0.25, 0.3) is 0 Å². The molecule has 5 heteroatoms. The predicted molar refractivity (Wildman–Crippen MR) is 90.6 cm³/mol. The van der Waals surface area contributed by atoms with Crippen molar-refractivity contribution in [3.63, 3.8) is 0 Å². The van der Waals surface area contributed by atoms with Crippen molar-refractivity contribution in [2.45, 2.75) is 51.2 Å². The number of rotatable bonds is 6. The highest BCUT2D eigenvalue weighted by Crippen LogP contribution is 2.30. The smallest absolute Gasteiger partial charge is 0.148 e. The topological polar surface area (TPSA) is 9.23 Å². The van der Waals surface area contributed by atoms with E-state index in [1.165, 1.54) is 37.4 Å². The Morgan fingerprint density at radius 1 is 1.23 bits per heavy atom. The van der Waals surface area contributed by atoms with Crippen molar-refractivity contribution in [2.24, 2.45) is 11.8 Å². The monoisotopic (exact) mass is 346 g/mol. The summed E-state index contributed by atoms with van der Waals surface area (Å²) in [5.74, 6) is 0.0365. The largest absolute Gasteiger partial charge is 0.493 e. The van der Waals surface area contributed by atoms with Crippen LogP contribution in [0.15, 0.2) is 12.1 Å². The first-order chi connectivity index (χ1) is 10.5. The lowest BCUT2D eigenvalue weighted by Crippen LogP contribution is -2.25. The van der Waals surface area contributed by atoms with E-state index < -0.39 is 25.5 Å². The highest BCUT2D eigenvalue weighted by Gasteiger charge is 2.23. The molecule has 0 bridgehead atoms. The van der Waals surface area contributed by atoms with Crippen LogP contribution in [0.2, 0.25) is 23.2 Å². The molecular formula is C17H25ClF2OSi. The Kier molecular flexibility index (Phi) is 6.69. The van der Waals surface area contributed by atoms with Crippen molar-refractivity contribution in [1.82, 2.24) is 0 Å². The first-order valence-electron chi connectivity index (χ1n) is 8.23. The van der Waals surface area contributed by atoms with Gasteiger partial charge in [-0.15, -0.1) is 0 Å². The molecule has 0 radical (unpaired) electrons. The third kappa shape index (κ3) is 5.23. The number of ether oxygens (including phenoxy) is 1. The second-order valence-corrected chi connectivity index (χ2v) is 10.7. The third-order valence-corrected chi connectivity index (χ3v) is 8.37. The lowest BCUT2D eigenvalue weighted by Gasteiger charge is -2.28. The molecule has 0 spiro atoms. The third-order valence-electron chi connectivity index (χ3n) is 4.56. The Labute approximate surface area is 138 Å². The summed E-state index contributed by atoms with van der Waals surface area (Å²) in [4.78, 5) is 0. The van der Waals surface area contributed by atoms with Crippen molar-refractivity contribution >= 4 is 20.4 Å². The number of benzene rings is 1. The van der Waals surface area contributed by atoms with E-state index in [0.717, 1.165) is 18.1 Å². The van der Waals surface area contributed by atoms with Crippen LogP contribution < -0.4 is 4.74 Å². The summed E-state index contributed by atoms with van der Waals surface area (Å²) in [5, 5.41) is -0.469. The van der Waals surface area contributed by atoms with Gasteiger partial charge in [0.1, 0.15) is 22.4 Å². The second-order valence-electron chi connectivity index (χ2n) is 6.87. The maximum absolute atomic E-state index is 13.4. The summed E-state index contributed by atoms with van der Waals surface area (Å²) in [5.41, 5.74) is 0. The molecule has 0 saturated carbocycles. The maximum Gasteiger partial charge on any atom is 0.148 e. The van der Waals surface area contributed by atoms with Crippen LogP contribution in [0.3, 0.4) is 0 Å². The Balaban J connectivity index is 1.75. The van der Waals surface area contributed by atoms with Crippen LogP contribution in [0, 0.1) is 23.5 Å². The minimum absolute atomic E-state index is 0.235. The summed E-state index contributed by atoms with van der Waals surface area (Å²) >= 11 is 5.47. The first-order valence-corrected chi connectivity index (χ1v) is 11.1. The Morgan fingerprint density at radius 2 is 1.82 bits per heavy atom. The van der Waals surface area contributed by atoms with Crippen LogP contribution in [-0.2, 0) is 0 Å². The van der Waals surface area contributed by atoms with Crippen molar-refractivity contribution in [2.75, 3.05) is 6.61 Å². The molecule has 1 aliphatic rings. The van der Waals surface area contributed by atoms with Crippen molar-refractivity contribution in [3.8, 4) is 5.75 Å². The van der Waals surface area contributed by atoms with E-state index in [0.29, 0.717) is 12.5 Å². The molecule has 0 aromatic heterocycles. The molecule has 22 heavy (non-hydrogen) atoms. The number of halogens is 3. The molecule has 0 atom stereocenters. The predicted octanol–water partition coefficient (Wildman–Crippen LogP) is 5.68. The zero-order chi connectivity index (χ0) is 16.1. The van der Waals surface area contributed by atoms with Gasteiger partial charge in [-0.1, -0.05) is 50.0 Å². The van der Waals surface area contributed by atoms with Crippen molar-refractivity contribution < 1.29 is 13.5 Å². The fourth-order valence-corrected chi connectivity index (χ4v) is 7.08. The average Bonchev–Trinajstić information content (AvgIpc) is 2.49. The minimum atomic E-state index is -0.763. The quantitative estimate of drug-likeness (QED) is 0.475. The molecule has 1 heterocycles. The van der Waals surface area contributed by atoms with Gasteiger partial charge in [0.15, 0.2) is 0 Å². The van der Waals surface area contributed by atoms with Gasteiger partial charge in [-0.05, 0) is 24.7 Å². The number of hydrogen-bond donors (Lipinski definition) is 0. The van der Waals surface area contributed by atoms with E-state index >= 15 is 0 Å². The van der Waals surface area contributed by atoms with E-state index in [4.69, 9.17) is 16.3 Å². The van der Waals surface area contributed by atoms with Crippen molar-refractivity contribution in [3.05, 3.63) is 28.8 Å². The molecule has 0 amide bonds. The highest BCUT2D eigenvalue weighted by atomic mass is 35.5. The minimum Gasteiger partial charge on any atom is -0.493 e. The summed E-state index contributed by atoms with van der Waals surface area (Å²) in [6, 6.07) is 6.54. The number of hydrogen-bond acceptors (Lipinski definition) is 1. The van der Waals surface area contributed by atoms with Gasteiger partial charge in [0.2, 0.25) is 0 Å². The van der Waals surface area contributed by atoms with Crippen LogP contribution >= 0.6 is 11.6 Å². The van der Waals surface area contributed by atoms with Gasteiger partial charge in [0.05, 0.1) is 6.61 Å². The lowest BCUT2D eigenvalue weighted by molar-refractivity contribution is 0.234. The van der Waals surface area contributed by atoms with Crippen LogP contribution in [0.4, 0.5) is 8.78 Å². The molecule has 1 aromatic rings. The van der Waals surface area contributed by atoms with Crippen LogP contribution in [0.1, 0.15) is 33.1 Å². The zero-order valence-electron chi connectivity index (χ0n) is 13.4. The van der Waals surface area contributed by atoms with Gasteiger partial charge >= 0.3 is 0 Å². The first kappa shape index (κ1) is 17.7. The Morgan fingerprint density at radius 3 is 2.36 bits per heavy atom. The zero-order valence-corrected chi connectivity index (χ0v) is 15.3. The normalized spacial score (nSPS) is 22.1.